The predicted molar refractivity (Wildman–Crippen MR) is 121 cm³/mol. The Morgan fingerprint density at radius 3 is 2.34 bits per heavy atom. The molecule has 1 spiro atoms. The molecule has 5 rings (SSSR count). The molecule has 4 heterocycles. The van der Waals surface area contributed by atoms with E-state index in [1.54, 1.807) is 0 Å². The molecule has 1 atom stereocenters. The van der Waals surface area contributed by atoms with Crippen LogP contribution < -0.4 is 20.4 Å². The highest BCUT2D eigenvalue weighted by Gasteiger charge is 2.47. The van der Waals surface area contributed by atoms with E-state index >= 15 is 0 Å². The van der Waals surface area contributed by atoms with Crippen molar-refractivity contribution in [3.63, 3.8) is 0 Å². The molecule has 0 aliphatic carbocycles. The topological polar surface area (TPSA) is 47.6 Å². The summed E-state index contributed by atoms with van der Waals surface area (Å²) in [5, 5.41) is 6.70. The van der Waals surface area contributed by atoms with E-state index in [1.807, 2.05) is 0 Å². The lowest BCUT2D eigenvalue weighted by molar-refractivity contribution is -0.126. The van der Waals surface area contributed by atoms with Crippen LogP contribution in [0.15, 0.2) is 18.2 Å². The molecular weight excluding hydrogens is 360 g/mol. The van der Waals surface area contributed by atoms with Gasteiger partial charge in [-0.3, -0.25) is 4.79 Å². The quantitative estimate of drug-likeness (QED) is 0.801. The Balaban J connectivity index is 0.000000294. The summed E-state index contributed by atoms with van der Waals surface area (Å²) in [6, 6.07) is 7.43. The summed E-state index contributed by atoms with van der Waals surface area (Å²) in [6.07, 6.45) is 8.34. The van der Waals surface area contributed by atoms with E-state index in [9.17, 15) is 4.79 Å². The third kappa shape index (κ3) is 4.46. The largest absolute Gasteiger partial charge is 0.372 e. The molecule has 0 radical (unpaired) electrons. The monoisotopic (exact) mass is 398 g/mol. The first-order valence-electron chi connectivity index (χ1n) is 11.7. The Hall–Kier alpha value is -1.59. The van der Waals surface area contributed by atoms with Crippen LogP contribution in [0.1, 0.15) is 57.4 Å². The molecule has 0 aromatic heterocycles. The lowest BCUT2D eigenvalue weighted by Crippen LogP contribution is -2.42. The zero-order valence-electron chi connectivity index (χ0n) is 18.3. The Kier molecular flexibility index (Phi) is 6.45. The number of nitrogens with zero attached hydrogens (tertiary/aromatic N) is 2. The number of aryl methyl sites for hydroxylation is 1. The third-order valence-electron chi connectivity index (χ3n) is 7.32. The maximum absolute atomic E-state index is 13.1. The average molecular weight is 399 g/mol. The van der Waals surface area contributed by atoms with Gasteiger partial charge in [0.25, 0.3) is 0 Å². The van der Waals surface area contributed by atoms with Gasteiger partial charge in [0.05, 0.1) is 5.41 Å². The second-order valence-electron chi connectivity index (χ2n) is 9.40. The molecule has 1 aromatic rings. The van der Waals surface area contributed by atoms with Crippen molar-refractivity contribution < 1.29 is 4.79 Å². The molecule has 0 bridgehead atoms. The van der Waals surface area contributed by atoms with Crippen molar-refractivity contribution in [2.45, 2.75) is 64.8 Å². The first-order valence-corrected chi connectivity index (χ1v) is 11.7. The Bertz CT molecular complexity index is 701. The zero-order chi connectivity index (χ0) is 20.3. The SMILES string of the molecule is CC1CCCN1.Cc1cc(N2CCCC2)ccc1N1CCC2(CCNCC2)C1=O. The highest BCUT2D eigenvalue weighted by Crippen LogP contribution is 2.42. The number of hydrogen-bond donors (Lipinski definition) is 2. The summed E-state index contributed by atoms with van der Waals surface area (Å²) in [6.45, 7) is 10.8. The van der Waals surface area contributed by atoms with Crippen molar-refractivity contribution in [3.8, 4) is 0 Å². The van der Waals surface area contributed by atoms with Crippen molar-refractivity contribution in [3.05, 3.63) is 23.8 Å². The number of carbonyl (C=O) groups is 1. The number of rotatable bonds is 2. The molecule has 160 valence electrons. The summed E-state index contributed by atoms with van der Waals surface area (Å²) >= 11 is 0. The van der Waals surface area contributed by atoms with Crippen molar-refractivity contribution in [2.24, 2.45) is 5.41 Å². The molecule has 0 saturated carbocycles. The molecule has 4 saturated heterocycles. The molecule has 4 aliphatic heterocycles. The maximum atomic E-state index is 13.1. The lowest BCUT2D eigenvalue weighted by Gasteiger charge is -2.32. The fraction of sp³-hybridized carbons (Fsp3) is 0.708. The smallest absolute Gasteiger partial charge is 0.233 e. The molecule has 2 N–H and O–H groups in total. The molecule has 5 nitrogen and oxygen atoms in total. The summed E-state index contributed by atoms with van der Waals surface area (Å²) in [4.78, 5) is 17.6. The van der Waals surface area contributed by atoms with Crippen LogP contribution in [-0.2, 0) is 4.79 Å². The second kappa shape index (κ2) is 9.05. The summed E-state index contributed by atoms with van der Waals surface area (Å²) < 4.78 is 0. The minimum atomic E-state index is -0.0920. The summed E-state index contributed by atoms with van der Waals surface area (Å²) in [7, 11) is 0. The van der Waals surface area contributed by atoms with E-state index in [0.29, 0.717) is 5.91 Å². The fourth-order valence-electron chi connectivity index (χ4n) is 5.39. The van der Waals surface area contributed by atoms with Crippen LogP contribution in [0, 0.1) is 12.3 Å². The van der Waals surface area contributed by atoms with Gasteiger partial charge in [0.2, 0.25) is 5.91 Å². The van der Waals surface area contributed by atoms with Gasteiger partial charge >= 0.3 is 0 Å². The number of hydrogen-bond acceptors (Lipinski definition) is 4. The summed E-state index contributed by atoms with van der Waals surface area (Å²) in [5.41, 5.74) is 3.57. The minimum Gasteiger partial charge on any atom is -0.372 e. The normalized spacial score (nSPS) is 26.1. The van der Waals surface area contributed by atoms with Crippen LogP contribution in [0.4, 0.5) is 11.4 Å². The highest BCUT2D eigenvalue weighted by atomic mass is 16.2. The van der Waals surface area contributed by atoms with Gasteiger partial charge in [-0.1, -0.05) is 0 Å². The van der Waals surface area contributed by atoms with Gasteiger partial charge in [-0.25, -0.2) is 0 Å². The van der Waals surface area contributed by atoms with Crippen LogP contribution in [0.25, 0.3) is 0 Å². The standard InChI is InChI=1S/C19H27N3O.C5H11N/c1-15-14-16(21-11-2-3-12-21)4-5-17(15)22-13-8-19(18(22)23)6-9-20-10-7-19;1-5-3-2-4-6-5/h4-5,14,20H,2-3,6-13H2,1H3;5-6H,2-4H2,1H3. The summed E-state index contributed by atoms with van der Waals surface area (Å²) in [5.74, 6) is 0.357. The average Bonchev–Trinajstić information content (AvgIpc) is 3.48. The van der Waals surface area contributed by atoms with Crippen LogP contribution >= 0.6 is 0 Å². The molecule has 4 aliphatic rings. The lowest BCUT2D eigenvalue weighted by atomic mass is 9.77. The Labute approximate surface area is 176 Å². The van der Waals surface area contributed by atoms with E-state index in [2.05, 4.69) is 52.5 Å². The van der Waals surface area contributed by atoms with Gasteiger partial charge < -0.3 is 20.4 Å². The van der Waals surface area contributed by atoms with Gasteiger partial charge in [-0.05, 0) is 102 Å². The van der Waals surface area contributed by atoms with Gasteiger partial charge in [0.1, 0.15) is 0 Å². The van der Waals surface area contributed by atoms with Gasteiger partial charge in [0.15, 0.2) is 0 Å². The minimum absolute atomic E-state index is 0.0920. The van der Waals surface area contributed by atoms with E-state index in [0.717, 1.165) is 63.7 Å². The van der Waals surface area contributed by atoms with Crippen LogP contribution in [0.5, 0.6) is 0 Å². The number of carbonyl (C=O) groups excluding carboxylic acids is 1. The number of amides is 1. The maximum Gasteiger partial charge on any atom is 0.233 e. The number of benzene rings is 1. The second-order valence-corrected chi connectivity index (χ2v) is 9.40. The number of nitrogens with one attached hydrogen (secondary N) is 2. The third-order valence-corrected chi connectivity index (χ3v) is 7.32. The van der Waals surface area contributed by atoms with E-state index < -0.39 is 0 Å². The van der Waals surface area contributed by atoms with Gasteiger partial charge in [-0.15, -0.1) is 0 Å². The molecule has 5 heteroatoms. The number of anilines is 2. The van der Waals surface area contributed by atoms with E-state index in [4.69, 9.17) is 0 Å². The van der Waals surface area contributed by atoms with Crippen molar-refractivity contribution >= 4 is 17.3 Å². The predicted octanol–water partition coefficient (Wildman–Crippen LogP) is 3.46. The van der Waals surface area contributed by atoms with Crippen molar-refractivity contribution in [2.75, 3.05) is 49.1 Å². The molecule has 1 unspecified atom stereocenters. The van der Waals surface area contributed by atoms with E-state index in [-0.39, 0.29) is 5.41 Å². The molecule has 29 heavy (non-hydrogen) atoms. The molecule has 1 amide bonds. The van der Waals surface area contributed by atoms with E-state index in [1.165, 1.54) is 43.5 Å². The Morgan fingerprint density at radius 1 is 1.00 bits per heavy atom. The van der Waals surface area contributed by atoms with Crippen LogP contribution in [0.2, 0.25) is 0 Å². The molecular formula is C24H38N4O. The van der Waals surface area contributed by atoms with Crippen molar-refractivity contribution in [1.82, 2.24) is 10.6 Å². The Morgan fingerprint density at radius 2 is 1.76 bits per heavy atom. The van der Waals surface area contributed by atoms with Gasteiger partial charge in [0, 0.05) is 37.1 Å². The highest BCUT2D eigenvalue weighted by molar-refractivity contribution is 6.00. The van der Waals surface area contributed by atoms with Crippen molar-refractivity contribution in [1.29, 1.82) is 0 Å². The van der Waals surface area contributed by atoms with Gasteiger partial charge in [-0.2, -0.15) is 0 Å². The number of piperidine rings is 1. The molecule has 1 aromatic carbocycles. The fourth-order valence-corrected chi connectivity index (χ4v) is 5.39. The molecule has 4 fully saturated rings. The van der Waals surface area contributed by atoms with Crippen LogP contribution in [0.3, 0.4) is 0 Å². The first kappa shape index (κ1) is 20.7. The first-order chi connectivity index (χ1) is 14.1. The zero-order valence-corrected chi connectivity index (χ0v) is 18.3. The van der Waals surface area contributed by atoms with Crippen LogP contribution in [-0.4, -0.2) is 51.2 Å².